The Balaban J connectivity index is 0. The number of hydrogen-bond acceptors (Lipinski definition) is 0. The standard InChI is InChI=1S/Al.Au.2Ni.3H. The third-order valence-electron chi connectivity index (χ3n) is 0. The van der Waals surface area contributed by atoms with Crippen molar-refractivity contribution < 1.29 is 55.4 Å². The molecule has 37 valence electrons. The fourth-order valence-corrected chi connectivity index (χ4v) is 0. The largest absolute Gasteiger partial charge is 0.187 e. The molecule has 1 radical (unpaired) electrons. The molecule has 0 aliphatic rings. The fourth-order valence-electron chi connectivity index (χ4n) is 0. The summed E-state index contributed by atoms with van der Waals surface area (Å²) in [4.78, 5) is 0. The molecule has 0 amide bonds. The van der Waals surface area contributed by atoms with Crippen LogP contribution in [0.15, 0.2) is 0 Å². The molecule has 0 saturated carbocycles. The van der Waals surface area contributed by atoms with Crippen LogP contribution < -0.4 is 0 Å². The first-order valence-corrected chi connectivity index (χ1v) is 0. The molecule has 4 heteroatoms. The van der Waals surface area contributed by atoms with Gasteiger partial charge < -0.3 is 0 Å². The summed E-state index contributed by atoms with van der Waals surface area (Å²) < 4.78 is 0. The van der Waals surface area contributed by atoms with Gasteiger partial charge in [0, 0.05) is 55.4 Å². The summed E-state index contributed by atoms with van der Waals surface area (Å²) in [5.74, 6) is 0. The van der Waals surface area contributed by atoms with E-state index in [2.05, 4.69) is 0 Å². The van der Waals surface area contributed by atoms with Crippen LogP contribution in [0.25, 0.3) is 0 Å². The van der Waals surface area contributed by atoms with Gasteiger partial charge in [0.1, 0.15) is 0 Å². The third-order valence-corrected chi connectivity index (χ3v) is 0. The zero-order chi connectivity index (χ0) is 0. The predicted molar refractivity (Wildman–Crippen MR) is 9.94 cm³/mol. The molecule has 0 atom stereocenters. The van der Waals surface area contributed by atoms with Crippen LogP contribution in [-0.2, 0) is 55.4 Å². The monoisotopic (exact) mass is 343 g/mol. The summed E-state index contributed by atoms with van der Waals surface area (Å²) in [6.07, 6.45) is 0. The Hall–Kier alpha value is 2.26. The Bertz CT molecular complexity index is 6.00. The van der Waals surface area contributed by atoms with Crippen molar-refractivity contribution in [2.45, 2.75) is 0 Å². The van der Waals surface area contributed by atoms with Gasteiger partial charge in [0.05, 0.1) is 0 Å². The Morgan fingerprint density at radius 1 is 0.750 bits per heavy atom. The zero-order valence-corrected chi connectivity index (χ0v) is 5.08. The quantitative estimate of drug-likeness (QED) is 0.485. The van der Waals surface area contributed by atoms with Crippen LogP contribution in [0.2, 0.25) is 0 Å². The molecule has 0 aliphatic carbocycles. The normalized spacial score (nSPS) is 0. The molecule has 0 unspecified atom stereocenters. The maximum absolute atomic E-state index is 0. The average molecular weight is 344 g/mol. The Morgan fingerprint density at radius 2 is 0.750 bits per heavy atom. The van der Waals surface area contributed by atoms with E-state index in [1.807, 2.05) is 0 Å². The molecule has 0 bridgehead atoms. The van der Waals surface area contributed by atoms with E-state index in [0.29, 0.717) is 0 Å². The molecule has 0 nitrogen and oxygen atoms in total. The first-order valence-electron chi connectivity index (χ1n) is 0. The van der Waals surface area contributed by atoms with E-state index in [-0.39, 0.29) is 72.7 Å². The maximum Gasteiger partial charge on any atom is 0.187 e. The van der Waals surface area contributed by atoms with Crippen LogP contribution in [0.3, 0.4) is 0 Å². The minimum atomic E-state index is 0. The smallest absolute Gasteiger partial charge is 0 e. The van der Waals surface area contributed by atoms with Crippen molar-refractivity contribution in [3.8, 4) is 0 Å². The van der Waals surface area contributed by atoms with Crippen molar-refractivity contribution in [3.05, 3.63) is 0 Å². The van der Waals surface area contributed by atoms with E-state index < -0.39 is 0 Å². The molecule has 0 aliphatic heterocycles. The van der Waals surface area contributed by atoms with Gasteiger partial charge in [-0.15, -0.1) is 0 Å². The molecule has 0 aromatic heterocycles. The van der Waals surface area contributed by atoms with Gasteiger partial charge in [-0.1, -0.05) is 0 Å². The molecule has 0 saturated heterocycles. The zero-order valence-electron chi connectivity index (χ0n) is 0.934. The third kappa shape index (κ3) is 8.86. The molecule has 0 aromatic rings. The van der Waals surface area contributed by atoms with Gasteiger partial charge in [-0.25, -0.2) is 0 Å². The van der Waals surface area contributed by atoms with Gasteiger partial charge in [0.2, 0.25) is 0 Å². The van der Waals surface area contributed by atoms with Crippen molar-refractivity contribution in [1.82, 2.24) is 0 Å². The summed E-state index contributed by atoms with van der Waals surface area (Å²) >= 11 is 0. The number of hydrogen-bond donors (Lipinski definition) is 0. The van der Waals surface area contributed by atoms with E-state index in [9.17, 15) is 0 Å². The second-order valence-electron chi connectivity index (χ2n) is 0. The van der Waals surface area contributed by atoms with Crippen LogP contribution in [-0.4, -0.2) is 17.4 Å². The van der Waals surface area contributed by atoms with E-state index in [1.165, 1.54) is 0 Å². The van der Waals surface area contributed by atoms with Crippen LogP contribution in [0.5, 0.6) is 0 Å². The molecule has 0 fully saturated rings. The molecule has 0 rings (SSSR count). The van der Waals surface area contributed by atoms with E-state index in [4.69, 9.17) is 0 Å². The summed E-state index contributed by atoms with van der Waals surface area (Å²) in [5, 5.41) is 0. The van der Waals surface area contributed by atoms with Gasteiger partial charge in [-0.05, 0) is 0 Å². The van der Waals surface area contributed by atoms with Crippen LogP contribution in [0, 0.1) is 0 Å². The summed E-state index contributed by atoms with van der Waals surface area (Å²) in [6.45, 7) is 0. The van der Waals surface area contributed by atoms with Crippen molar-refractivity contribution in [2.75, 3.05) is 0 Å². The topological polar surface area (TPSA) is 0 Å². The Kier molecular flexibility index (Phi) is 158. The predicted octanol–water partition coefficient (Wildman–Crippen LogP) is -1.19. The molecule has 0 N–H and O–H groups in total. The van der Waals surface area contributed by atoms with Crippen molar-refractivity contribution >= 4 is 17.4 Å². The minimum absolute atomic E-state index is 0. The molecule has 0 spiro atoms. The first kappa shape index (κ1) is 33.9. The van der Waals surface area contributed by atoms with Crippen LogP contribution in [0.1, 0.15) is 0 Å². The Morgan fingerprint density at radius 3 is 0.750 bits per heavy atom. The van der Waals surface area contributed by atoms with Crippen LogP contribution >= 0.6 is 0 Å². The van der Waals surface area contributed by atoms with Crippen LogP contribution in [0.4, 0.5) is 0 Å². The average Bonchev–Trinajstić information content (AvgIpc) is 0. The molecular formula is H3AlAuNi2. The van der Waals surface area contributed by atoms with Gasteiger partial charge in [0.25, 0.3) is 0 Å². The fraction of sp³-hybridized carbons (Fsp3) is 0. The van der Waals surface area contributed by atoms with Crippen molar-refractivity contribution in [1.29, 1.82) is 0 Å². The SMILES string of the molecule is [AlH3].[Au].[Ni].[Ni]. The summed E-state index contributed by atoms with van der Waals surface area (Å²) in [6, 6.07) is 0. The maximum atomic E-state index is 0. The van der Waals surface area contributed by atoms with E-state index >= 15 is 0 Å². The van der Waals surface area contributed by atoms with E-state index in [1.54, 1.807) is 0 Å². The minimum Gasteiger partial charge on any atom is 0 e. The molecule has 0 heterocycles. The van der Waals surface area contributed by atoms with Crippen molar-refractivity contribution in [3.63, 3.8) is 0 Å². The van der Waals surface area contributed by atoms with Gasteiger partial charge in [-0.2, -0.15) is 0 Å². The van der Waals surface area contributed by atoms with Crippen molar-refractivity contribution in [2.24, 2.45) is 0 Å². The summed E-state index contributed by atoms with van der Waals surface area (Å²) in [5.41, 5.74) is 0. The van der Waals surface area contributed by atoms with E-state index in [0.717, 1.165) is 0 Å². The second-order valence-corrected chi connectivity index (χ2v) is 0. The first-order chi connectivity index (χ1) is 0. The van der Waals surface area contributed by atoms with Gasteiger partial charge in [-0.3, -0.25) is 0 Å². The summed E-state index contributed by atoms with van der Waals surface area (Å²) in [7, 11) is 0. The molecule has 0 aromatic carbocycles. The van der Waals surface area contributed by atoms with Gasteiger partial charge in [0.15, 0.2) is 17.4 Å². The van der Waals surface area contributed by atoms with Gasteiger partial charge >= 0.3 is 0 Å². The second kappa shape index (κ2) is 18.7. The molecular weight excluding hydrogens is 341 g/mol. The Labute approximate surface area is 72.0 Å². The number of rotatable bonds is 0. The molecule has 4 heavy (non-hydrogen) atoms.